The molecule has 5 nitrogen and oxygen atoms in total. The van der Waals surface area contributed by atoms with Gasteiger partial charge in [0.25, 0.3) is 0 Å². The van der Waals surface area contributed by atoms with Gasteiger partial charge in [0.2, 0.25) is 0 Å². The second-order valence-corrected chi connectivity index (χ2v) is 1.78. The van der Waals surface area contributed by atoms with Crippen LogP contribution in [-0.2, 0) is 4.79 Å². The van der Waals surface area contributed by atoms with Crippen LogP contribution >= 0.6 is 0 Å². The maximum atomic E-state index is 10.2. The first-order chi connectivity index (χ1) is 4.70. The van der Waals surface area contributed by atoms with Gasteiger partial charge >= 0.3 is 5.97 Å². The predicted molar refractivity (Wildman–Crippen MR) is 32.7 cm³/mol. The Bertz CT molecular complexity index is 209. The highest BCUT2D eigenvalue weighted by molar-refractivity contribution is 6.08. The molecular formula is C5H6N2O3. The second-order valence-electron chi connectivity index (χ2n) is 1.78. The Hall–Kier alpha value is -1.36. The molecule has 0 spiro atoms. The van der Waals surface area contributed by atoms with E-state index in [1.54, 1.807) is 0 Å². The second kappa shape index (κ2) is 2.49. The van der Waals surface area contributed by atoms with Crippen molar-refractivity contribution in [2.45, 2.75) is 0 Å². The zero-order chi connectivity index (χ0) is 7.56. The van der Waals surface area contributed by atoms with Crippen LogP contribution in [0.25, 0.3) is 0 Å². The van der Waals surface area contributed by atoms with E-state index in [2.05, 4.69) is 4.99 Å². The SMILES string of the molecule is O=C(O)C1=CN(O)CN=C1. The summed E-state index contributed by atoms with van der Waals surface area (Å²) >= 11 is 0. The Labute approximate surface area is 56.9 Å². The Balaban J connectivity index is 2.76. The van der Waals surface area contributed by atoms with Gasteiger partial charge in [-0.05, 0) is 0 Å². The highest BCUT2D eigenvalue weighted by atomic mass is 16.5. The number of rotatable bonds is 1. The van der Waals surface area contributed by atoms with Crippen LogP contribution in [0.2, 0.25) is 0 Å². The Morgan fingerprint density at radius 1 is 1.80 bits per heavy atom. The summed E-state index contributed by atoms with van der Waals surface area (Å²) in [6.07, 6.45) is 2.31. The van der Waals surface area contributed by atoms with Crippen LogP contribution in [-0.4, -0.2) is 34.2 Å². The summed E-state index contributed by atoms with van der Waals surface area (Å²) in [6.45, 7) is 0.0940. The fourth-order valence-corrected chi connectivity index (χ4v) is 0.568. The van der Waals surface area contributed by atoms with Crippen molar-refractivity contribution in [3.8, 4) is 0 Å². The van der Waals surface area contributed by atoms with Gasteiger partial charge in [-0.25, -0.2) is 9.86 Å². The third kappa shape index (κ3) is 1.32. The van der Waals surface area contributed by atoms with E-state index >= 15 is 0 Å². The average molecular weight is 142 g/mol. The minimum absolute atomic E-state index is 0.0197. The Morgan fingerprint density at radius 3 is 2.90 bits per heavy atom. The monoisotopic (exact) mass is 142 g/mol. The molecule has 0 amide bonds. The number of carbonyl (C=O) groups is 1. The van der Waals surface area contributed by atoms with Crippen molar-refractivity contribution in [3.63, 3.8) is 0 Å². The van der Waals surface area contributed by atoms with E-state index in [-0.39, 0.29) is 12.2 Å². The molecule has 0 aliphatic carbocycles. The number of hydroxylamine groups is 2. The molecular weight excluding hydrogens is 136 g/mol. The van der Waals surface area contributed by atoms with E-state index in [1.165, 1.54) is 6.21 Å². The largest absolute Gasteiger partial charge is 0.478 e. The van der Waals surface area contributed by atoms with Crippen molar-refractivity contribution in [2.24, 2.45) is 4.99 Å². The lowest BCUT2D eigenvalue weighted by Crippen LogP contribution is -2.19. The van der Waals surface area contributed by atoms with E-state index in [9.17, 15) is 4.79 Å². The molecule has 1 aliphatic rings. The lowest BCUT2D eigenvalue weighted by atomic mass is 10.3. The standard InChI is InChI=1S/C5H6N2O3/c8-5(9)4-1-6-3-7(10)2-4/h1-2,10H,3H2,(H,8,9). The summed E-state index contributed by atoms with van der Waals surface area (Å²) in [6, 6.07) is 0. The van der Waals surface area contributed by atoms with E-state index < -0.39 is 5.97 Å². The Kier molecular flexibility index (Phi) is 1.68. The average Bonchev–Trinajstić information content (AvgIpc) is 1.88. The minimum atomic E-state index is -1.09. The zero-order valence-corrected chi connectivity index (χ0v) is 5.06. The van der Waals surface area contributed by atoms with Crippen LogP contribution in [0.5, 0.6) is 0 Å². The molecule has 1 heterocycles. The normalized spacial score (nSPS) is 16.9. The first kappa shape index (κ1) is 6.76. The van der Waals surface area contributed by atoms with Crippen molar-refractivity contribution >= 4 is 12.2 Å². The maximum absolute atomic E-state index is 10.2. The third-order valence-corrected chi connectivity index (χ3v) is 0.992. The van der Waals surface area contributed by atoms with Crippen LogP contribution in [0.4, 0.5) is 0 Å². The summed E-state index contributed by atoms with van der Waals surface area (Å²) in [7, 11) is 0. The van der Waals surface area contributed by atoms with Crippen LogP contribution in [0.15, 0.2) is 16.8 Å². The summed E-state index contributed by atoms with van der Waals surface area (Å²) < 4.78 is 0. The Morgan fingerprint density at radius 2 is 2.50 bits per heavy atom. The van der Waals surface area contributed by atoms with E-state index in [0.29, 0.717) is 5.06 Å². The van der Waals surface area contributed by atoms with Crippen LogP contribution in [0.3, 0.4) is 0 Å². The van der Waals surface area contributed by atoms with Gasteiger partial charge in [-0.1, -0.05) is 0 Å². The minimum Gasteiger partial charge on any atom is -0.478 e. The summed E-state index contributed by atoms with van der Waals surface area (Å²) in [5, 5.41) is 17.8. The van der Waals surface area contributed by atoms with Gasteiger partial charge in [-0.15, -0.1) is 0 Å². The molecule has 5 heteroatoms. The highest BCUT2D eigenvalue weighted by Gasteiger charge is 2.08. The van der Waals surface area contributed by atoms with E-state index in [0.717, 1.165) is 6.20 Å². The molecule has 0 radical (unpaired) electrons. The van der Waals surface area contributed by atoms with Gasteiger partial charge in [0.1, 0.15) is 6.67 Å². The zero-order valence-electron chi connectivity index (χ0n) is 5.06. The topological polar surface area (TPSA) is 73.1 Å². The molecule has 0 saturated heterocycles. The number of hydrogen-bond donors (Lipinski definition) is 2. The van der Waals surface area contributed by atoms with Gasteiger partial charge < -0.3 is 5.11 Å². The molecule has 0 aromatic heterocycles. The molecule has 2 N–H and O–H groups in total. The smallest absolute Gasteiger partial charge is 0.338 e. The van der Waals surface area contributed by atoms with E-state index in [1.807, 2.05) is 0 Å². The fraction of sp³-hybridized carbons (Fsp3) is 0.200. The van der Waals surface area contributed by atoms with Crippen molar-refractivity contribution in [1.29, 1.82) is 0 Å². The van der Waals surface area contributed by atoms with Gasteiger partial charge in [0.15, 0.2) is 0 Å². The predicted octanol–water partition coefficient (Wildman–Crippen LogP) is -0.312. The molecule has 1 aliphatic heterocycles. The molecule has 0 unspecified atom stereocenters. The quantitative estimate of drug-likeness (QED) is 0.526. The van der Waals surface area contributed by atoms with Crippen molar-refractivity contribution in [2.75, 3.05) is 6.67 Å². The van der Waals surface area contributed by atoms with E-state index in [4.69, 9.17) is 10.3 Å². The van der Waals surface area contributed by atoms with Crippen LogP contribution in [0.1, 0.15) is 0 Å². The molecule has 0 atom stereocenters. The molecule has 0 aromatic carbocycles. The van der Waals surface area contributed by atoms with Gasteiger partial charge in [0, 0.05) is 12.4 Å². The highest BCUT2D eigenvalue weighted by Crippen LogP contribution is 1.99. The lowest BCUT2D eigenvalue weighted by Gasteiger charge is -2.12. The number of aliphatic imine (C=N–C) groups is 1. The van der Waals surface area contributed by atoms with Crippen molar-refractivity contribution in [3.05, 3.63) is 11.8 Å². The molecule has 0 aromatic rings. The molecule has 10 heavy (non-hydrogen) atoms. The molecule has 0 saturated carbocycles. The maximum Gasteiger partial charge on any atom is 0.338 e. The van der Waals surface area contributed by atoms with Crippen LogP contribution < -0.4 is 0 Å². The first-order valence-corrected chi connectivity index (χ1v) is 2.60. The number of nitrogens with zero attached hydrogens (tertiary/aromatic N) is 2. The third-order valence-electron chi connectivity index (χ3n) is 0.992. The molecule has 54 valence electrons. The van der Waals surface area contributed by atoms with Gasteiger partial charge in [-0.2, -0.15) is 0 Å². The summed E-state index contributed by atoms with van der Waals surface area (Å²) in [5.41, 5.74) is -0.0197. The molecule has 0 bridgehead atoms. The van der Waals surface area contributed by atoms with Crippen molar-refractivity contribution < 1.29 is 15.1 Å². The lowest BCUT2D eigenvalue weighted by molar-refractivity contribution is -0.132. The first-order valence-electron chi connectivity index (χ1n) is 2.60. The van der Waals surface area contributed by atoms with Gasteiger partial charge in [0.05, 0.1) is 5.57 Å². The summed E-state index contributed by atoms with van der Waals surface area (Å²) in [4.78, 5) is 13.8. The fourth-order valence-electron chi connectivity index (χ4n) is 0.568. The summed E-state index contributed by atoms with van der Waals surface area (Å²) in [5.74, 6) is -1.09. The number of aliphatic carboxylic acids is 1. The number of hydrogen-bond acceptors (Lipinski definition) is 4. The number of carboxylic acid groups (broad SMARTS) is 1. The molecule has 0 fully saturated rings. The number of carboxylic acids is 1. The molecule has 1 rings (SSSR count). The van der Waals surface area contributed by atoms with Crippen LogP contribution in [0, 0.1) is 0 Å². The van der Waals surface area contributed by atoms with Gasteiger partial charge in [-0.3, -0.25) is 10.2 Å². The van der Waals surface area contributed by atoms with Crippen molar-refractivity contribution in [1.82, 2.24) is 5.06 Å².